The summed E-state index contributed by atoms with van der Waals surface area (Å²) in [5, 5.41) is 5.64. The molecule has 0 radical (unpaired) electrons. The molecule has 0 atom stereocenters. The lowest BCUT2D eigenvalue weighted by atomic mass is 10.1. The number of hydrogen-bond acceptors (Lipinski definition) is 2. The van der Waals surface area contributed by atoms with E-state index in [9.17, 15) is 0 Å². The van der Waals surface area contributed by atoms with Gasteiger partial charge in [0.05, 0.1) is 16.4 Å². The summed E-state index contributed by atoms with van der Waals surface area (Å²) in [6, 6.07) is 28.4. The lowest BCUT2D eigenvalue weighted by Gasteiger charge is -2.04. The molecule has 0 aliphatic carbocycles. The van der Waals surface area contributed by atoms with Crippen LogP contribution in [0, 0.1) is 0 Å². The van der Waals surface area contributed by atoms with Gasteiger partial charge in [0.25, 0.3) is 0 Å². The Morgan fingerprint density at radius 2 is 1.46 bits per heavy atom. The predicted octanol–water partition coefficient (Wildman–Crippen LogP) is 6.49. The van der Waals surface area contributed by atoms with Crippen LogP contribution >= 0.6 is 23.4 Å². The molecule has 1 aromatic heterocycles. The molecule has 3 aromatic carbocycles. The molecule has 0 saturated heterocycles. The molecule has 128 valence electrons. The maximum atomic E-state index is 6.31. The number of benzene rings is 3. The summed E-state index contributed by atoms with van der Waals surface area (Å²) < 4.78 is 1.95. The van der Waals surface area contributed by atoms with E-state index in [2.05, 4.69) is 36.5 Å². The van der Waals surface area contributed by atoms with E-state index >= 15 is 0 Å². The standard InChI is InChI=1S/C22H17ClN2S/c23-20-13-7-8-14-21(20)26-16-18-15-25(19-11-5-2-6-12-19)24-22(18)17-9-3-1-4-10-17/h1-15H,16H2. The first-order chi connectivity index (χ1) is 12.8. The van der Waals surface area contributed by atoms with Crippen LogP contribution in [-0.4, -0.2) is 9.78 Å². The molecule has 0 N–H and O–H groups in total. The molecule has 0 amide bonds. The van der Waals surface area contributed by atoms with E-state index < -0.39 is 0 Å². The molecule has 0 unspecified atom stereocenters. The van der Waals surface area contributed by atoms with Gasteiger partial charge < -0.3 is 0 Å². The Balaban J connectivity index is 1.70. The Morgan fingerprint density at radius 3 is 2.19 bits per heavy atom. The highest BCUT2D eigenvalue weighted by Gasteiger charge is 2.13. The van der Waals surface area contributed by atoms with E-state index in [1.807, 2.05) is 59.3 Å². The van der Waals surface area contributed by atoms with Gasteiger partial charge in [-0.25, -0.2) is 4.68 Å². The third-order valence-electron chi connectivity index (χ3n) is 4.08. The van der Waals surface area contributed by atoms with Crippen LogP contribution in [0.15, 0.2) is 96.0 Å². The molecule has 0 aliphatic heterocycles. The van der Waals surface area contributed by atoms with Gasteiger partial charge in [-0.05, 0) is 24.3 Å². The minimum atomic E-state index is 0.786. The second-order valence-electron chi connectivity index (χ2n) is 5.87. The summed E-state index contributed by atoms with van der Waals surface area (Å²) in [4.78, 5) is 1.08. The van der Waals surface area contributed by atoms with E-state index in [4.69, 9.17) is 16.7 Å². The summed E-state index contributed by atoms with van der Waals surface area (Å²) >= 11 is 8.04. The Bertz CT molecular complexity index is 997. The largest absolute Gasteiger partial charge is 0.240 e. The molecule has 4 aromatic rings. The Kier molecular flexibility index (Phi) is 5.09. The van der Waals surface area contributed by atoms with Gasteiger partial charge in [0.1, 0.15) is 0 Å². The third kappa shape index (κ3) is 3.69. The van der Waals surface area contributed by atoms with Crippen molar-refractivity contribution in [3.8, 4) is 16.9 Å². The summed E-state index contributed by atoms with van der Waals surface area (Å²) in [6.07, 6.45) is 2.11. The minimum Gasteiger partial charge on any atom is -0.240 e. The maximum Gasteiger partial charge on any atom is 0.0968 e. The monoisotopic (exact) mass is 376 g/mol. The van der Waals surface area contributed by atoms with Crippen LogP contribution < -0.4 is 0 Å². The number of aromatic nitrogens is 2. The summed E-state index contributed by atoms with van der Waals surface area (Å²) in [5.74, 6) is 0.806. The van der Waals surface area contributed by atoms with Crippen LogP contribution in [0.4, 0.5) is 0 Å². The van der Waals surface area contributed by atoms with Crippen LogP contribution in [-0.2, 0) is 5.75 Å². The highest BCUT2D eigenvalue weighted by molar-refractivity contribution is 7.98. The second kappa shape index (κ2) is 7.81. The number of para-hydroxylation sites is 1. The molecular formula is C22H17ClN2S. The van der Waals surface area contributed by atoms with Gasteiger partial charge in [-0.15, -0.1) is 11.8 Å². The van der Waals surface area contributed by atoms with Gasteiger partial charge >= 0.3 is 0 Å². The molecule has 4 rings (SSSR count). The molecule has 4 heteroatoms. The number of rotatable bonds is 5. The maximum absolute atomic E-state index is 6.31. The van der Waals surface area contributed by atoms with Crippen molar-refractivity contribution in [1.29, 1.82) is 0 Å². The van der Waals surface area contributed by atoms with Crippen molar-refractivity contribution in [2.45, 2.75) is 10.6 Å². The molecular weight excluding hydrogens is 360 g/mol. The van der Waals surface area contributed by atoms with Crippen LogP contribution in [0.1, 0.15) is 5.56 Å². The van der Waals surface area contributed by atoms with Gasteiger partial charge in [-0.2, -0.15) is 5.10 Å². The zero-order valence-corrected chi connectivity index (χ0v) is 15.6. The van der Waals surface area contributed by atoms with Crippen LogP contribution in [0.5, 0.6) is 0 Å². The fraction of sp³-hybridized carbons (Fsp3) is 0.0455. The number of hydrogen-bond donors (Lipinski definition) is 0. The lowest BCUT2D eigenvalue weighted by Crippen LogP contribution is -1.93. The molecule has 0 aliphatic rings. The summed E-state index contributed by atoms with van der Waals surface area (Å²) in [6.45, 7) is 0. The second-order valence-corrected chi connectivity index (χ2v) is 7.29. The Morgan fingerprint density at radius 1 is 0.808 bits per heavy atom. The molecule has 0 saturated carbocycles. The summed E-state index contributed by atoms with van der Waals surface area (Å²) in [7, 11) is 0. The van der Waals surface area contributed by atoms with E-state index in [1.54, 1.807) is 11.8 Å². The fourth-order valence-corrected chi connectivity index (χ4v) is 3.99. The first-order valence-corrected chi connectivity index (χ1v) is 9.74. The highest BCUT2D eigenvalue weighted by Crippen LogP contribution is 2.33. The van der Waals surface area contributed by atoms with Gasteiger partial charge in [-0.3, -0.25) is 0 Å². The van der Waals surface area contributed by atoms with Crippen molar-refractivity contribution in [3.05, 3.63) is 102 Å². The van der Waals surface area contributed by atoms with Crippen molar-refractivity contribution in [3.63, 3.8) is 0 Å². The van der Waals surface area contributed by atoms with E-state index in [1.165, 1.54) is 5.56 Å². The number of thioether (sulfide) groups is 1. The lowest BCUT2D eigenvalue weighted by molar-refractivity contribution is 0.884. The third-order valence-corrected chi connectivity index (χ3v) is 5.64. The van der Waals surface area contributed by atoms with Gasteiger partial charge in [0.2, 0.25) is 0 Å². The van der Waals surface area contributed by atoms with Crippen molar-refractivity contribution in [2.75, 3.05) is 0 Å². The highest BCUT2D eigenvalue weighted by atomic mass is 35.5. The zero-order valence-electron chi connectivity index (χ0n) is 14.0. The number of halogens is 1. The quantitative estimate of drug-likeness (QED) is 0.371. The predicted molar refractivity (Wildman–Crippen MR) is 110 cm³/mol. The van der Waals surface area contributed by atoms with Crippen molar-refractivity contribution in [2.24, 2.45) is 0 Å². The SMILES string of the molecule is Clc1ccccc1SCc1cn(-c2ccccc2)nc1-c1ccccc1. The Hall–Kier alpha value is -2.49. The Labute approximate surface area is 162 Å². The molecule has 1 heterocycles. The minimum absolute atomic E-state index is 0.786. The van der Waals surface area contributed by atoms with Gasteiger partial charge in [0.15, 0.2) is 0 Å². The van der Waals surface area contributed by atoms with Gasteiger partial charge in [-0.1, -0.05) is 72.3 Å². The molecule has 26 heavy (non-hydrogen) atoms. The van der Waals surface area contributed by atoms with Crippen molar-refractivity contribution < 1.29 is 0 Å². The number of nitrogens with zero attached hydrogens (tertiary/aromatic N) is 2. The van der Waals surface area contributed by atoms with Crippen LogP contribution in [0.25, 0.3) is 16.9 Å². The first kappa shape index (κ1) is 17.0. The molecule has 0 spiro atoms. The average molecular weight is 377 g/mol. The topological polar surface area (TPSA) is 17.8 Å². The molecule has 0 fully saturated rings. The zero-order chi connectivity index (χ0) is 17.8. The normalized spacial score (nSPS) is 10.8. The van der Waals surface area contributed by atoms with E-state index in [0.717, 1.165) is 32.6 Å². The van der Waals surface area contributed by atoms with Gasteiger partial charge in [0, 0.05) is 28.0 Å². The molecule has 0 bridgehead atoms. The van der Waals surface area contributed by atoms with E-state index in [0.29, 0.717) is 0 Å². The van der Waals surface area contributed by atoms with Crippen molar-refractivity contribution in [1.82, 2.24) is 9.78 Å². The van der Waals surface area contributed by atoms with Crippen LogP contribution in [0.3, 0.4) is 0 Å². The fourth-order valence-electron chi connectivity index (χ4n) is 2.78. The average Bonchev–Trinajstić information content (AvgIpc) is 3.13. The first-order valence-electron chi connectivity index (χ1n) is 8.38. The summed E-state index contributed by atoms with van der Waals surface area (Å²) in [5.41, 5.74) is 4.37. The van der Waals surface area contributed by atoms with E-state index in [-0.39, 0.29) is 0 Å². The smallest absolute Gasteiger partial charge is 0.0968 e. The molecule has 2 nitrogen and oxygen atoms in total. The van der Waals surface area contributed by atoms with Crippen LogP contribution in [0.2, 0.25) is 5.02 Å². The van der Waals surface area contributed by atoms with Crippen molar-refractivity contribution >= 4 is 23.4 Å².